The van der Waals surface area contributed by atoms with Crippen LogP contribution in [0, 0.1) is 17.8 Å². The molecule has 158 valence electrons. The summed E-state index contributed by atoms with van der Waals surface area (Å²) in [4.78, 5) is 32.3. The monoisotopic (exact) mass is 403 g/mol. The number of likely N-dealkylation sites (N-methyl/N-ethyl adjacent to an activating group) is 1. The van der Waals surface area contributed by atoms with E-state index in [4.69, 9.17) is 4.74 Å². The summed E-state index contributed by atoms with van der Waals surface area (Å²) < 4.78 is 6.07. The standard InChI is InChI=1S/C21H29N3O5/c1-13-10-24(14(2)12-25)21(28)18-8-17(7-6-15(3)26)9-22-20(18)29-19(13)11-23(5)16(4)27/h8-9,13-15,19,25-26H,10-12H2,1-5H3/t13-,14+,15+,19+/m1/s1. The fraction of sp³-hybridized carbons (Fsp3) is 0.571. The Hall–Kier alpha value is -2.63. The topological polar surface area (TPSA) is 103 Å². The first-order valence-electron chi connectivity index (χ1n) is 9.63. The predicted molar refractivity (Wildman–Crippen MR) is 107 cm³/mol. The number of aromatic nitrogens is 1. The molecular formula is C21H29N3O5. The summed E-state index contributed by atoms with van der Waals surface area (Å²) in [5.41, 5.74) is 0.717. The Morgan fingerprint density at radius 1 is 1.48 bits per heavy atom. The Bertz CT molecular complexity index is 814. The van der Waals surface area contributed by atoms with E-state index in [0.717, 1.165) is 0 Å². The van der Waals surface area contributed by atoms with Gasteiger partial charge in [0.15, 0.2) is 0 Å². The maximum atomic E-state index is 13.2. The van der Waals surface area contributed by atoms with Crippen LogP contribution in [-0.2, 0) is 4.79 Å². The molecule has 4 atom stereocenters. The zero-order valence-electron chi connectivity index (χ0n) is 17.5. The number of ether oxygens (including phenoxy) is 1. The number of amides is 2. The van der Waals surface area contributed by atoms with Gasteiger partial charge in [-0.15, -0.1) is 0 Å². The molecule has 0 saturated heterocycles. The summed E-state index contributed by atoms with van der Waals surface area (Å²) in [7, 11) is 1.69. The van der Waals surface area contributed by atoms with E-state index in [-0.39, 0.29) is 41.9 Å². The van der Waals surface area contributed by atoms with Crippen molar-refractivity contribution in [1.82, 2.24) is 14.8 Å². The zero-order chi connectivity index (χ0) is 21.7. The van der Waals surface area contributed by atoms with Crippen LogP contribution in [-0.4, -0.2) is 81.8 Å². The highest BCUT2D eigenvalue weighted by atomic mass is 16.5. The lowest BCUT2D eigenvalue weighted by molar-refractivity contribution is -0.129. The highest BCUT2D eigenvalue weighted by Gasteiger charge is 2.34. The van der Waals surface area contributed by atoms with Crippen molar-refractivity contribution in [3.05, 3.63) is 23.4 Å². The number of aliphatic hydroxyl groups is 2. The van der Waals surface area contributed by atoms with Crippen molar-refractivity contribution < 1.29 is 24.5 Å². The van der Waals surface area contributed by atoms with Gasteiger partial charge in [0.25, 0.3) is 5.91 Å². The first-order valence-corrected chi connectivity index (χ1v) is 9.63. The third-order valence-corrected chi connectivity index (χ3v) is 4.94. The van der Waals surface area contributed by atoms with Crippen LogP contribution in [0.15, 0.2) is 12.3 Å². The normalized spacial score (nSPS) is 20.9. The molecule has 1 aliphatic rings. The molecule has 0 aliphatic carbocycles. The number of hydrogen-bond acceptors (Lipinski definition) is 6. The van der Waals surface area contributed by atoms with E-state index < -0.39 is 12.1 Å². The van der Waals surface area contributed by atoms with Crippen molar-refractivity contribution in [2.45, 2.75) is 45.9 Å². The van der Waals surface area contributed by atoms with Gasteiger partial charge in [-0.05, 0) is 19.9 Å². The third-order valence-electron chi connectivity index (χ3n) is 4.94. The molecule has 0 spiro atoms. The Labute approximate surface area is 171 Å². The smallest absolute Gasteiger partial charge is 0.259 e. The molecule has 0 unspecified atom stereocenters. The second-order valence-corrected chi connectivity index (χ2v) is 7.54. The fourth-order valence-corrected chi connectivity index (χ4v) is 2.97. The molecule has 1 aromatic heterocycles. The van der Waals surface area contributed by atoms with Crippen LogP contribution in [0.1, 0.15) is 43.6 Å². The molecule has 0 saturated carbocycles. The van der Waals surface area contributed by atoms with Crippen molar-refractivity contribution in [1.29, 1.82) is 0 Å². The highest BCUT2D eigenvalue weighted by molar-refractivity contribution is 5.97. The van der Waals surface area contributed by atoms with E-state index in [2.05, 4.69) is 16.8 Å². The fourth-order valence-electron chi connectivity index (χ4n) is 2.97. The zero-order valence-corrected chi connectivity index (χ0v) is 17.5. The first kappa shape index (κ1) is 22.7. The van der Waals surface area contributed by atoms with Crippen molar-refractivity contribution >= 4 is 11.8 Å². The number of fused-ring (bicyclic) bond motifs is 1. The van der Waals surface area contributed by atoms with E-state index >= 15 is 0 Å². The molecule has 0 aromatic carbocycles. The van der Waals surface area contributed by atoms with Gasteiger partial charge < -0.3 is 24.7 Å². The molecule has 2 amide bonds. The number of carbonyl (C=O) groups is 2. The Kier molecular flexibility index (Phi) is 7.59. The van der Waals surface area contributed by atoms with Gasteiger partial charge in [-0.2, -0.15) is 0 Å². The molecule has 8 heteroatoms. The molecule has 1 aliphatic heterocycles. The van der Waals surface area contributed by atoms with E-state index in [9.17, 15) is 19.8 Å². The quantitative estimate of drug-likeness (QED) is 0.710. The number of aliphatic hydroxyl groups excluding tert-OH is 2. The lowest BCUT2D eigenvalue weighted by atomic mass is 10.00. The van der Waals surface area contributed by atoms with Gasteiger partial charge in [0.1, 0.15) is 17.8 Å². The molecule has 29 heavy (non-hydrogen) atoms. The summed E-state index contributed by atoms with van der Waals surface area (Å²) in [5.74, 6) is 5.09. The molecule has 2 N–H and O–H groups in total. The number of carbonyl (C=O) groups excluding carboxylic acids is 2. The number of rotatable bonds is 4. The summed E-state index contributed by atoms with van der Waals surface area (Å²) in [5, 5.41) is 19.0. The predicted octanol–water partition coefficient (Wildman–Crippen LogP) is 0.512. The summed E-state index contributed by atoms with van der Waals surface area (Å²) in [6.07, 6.45) is 0.299. The van der Waals surface area contributed by atoms with Gasteiger partial charge in [0.05, 0.1) is 19.2 Å². The largest absolute Gasteiger partial charge is 0.472 e. The van der Waals surface area contributed by atoms with E-state index in [1.807, 2.05) is 6.92 Å². The van der Waals surface area contributed by atoms with Gasteiger partial charge in [0.2, 0.25) is 11.8 Å². The Balaban J connectivity index is 2.49. The summed E-state index contributed by atoms with van der Waals surface area (Å²) >= 11 is 0. The molecule has 2 rings (SSSR count). The summed E-state index contributed by atoms with van der Waals surface area (Å²) in [6.45, 7) is 7.27. The second-order valence-electron chi connectivity index (χ2n) is 7.54. The first-order chi connectivity index (χ1) is 13.6. The molecule has 8 nitrogen and oxygen atoms in total. The molecule has 2 heterocycles. The number of nitrogens with zero attached hydrogens (tertiary/aromatic N) is 3. The third kappa shape index (κ3) is 5.68. The second kappa shape index (κ2) is 9.72. The molecule has 1 aromatic rings. The van der Waals surface area contributed by atoms with Crippen LogP contribution < -0.4 is 4.74 Å². The summed E-state index contributed by atoms with van der Waals surface area (Å²) in [6, 6.07) is 1.19. The van der Waals surface area contributed by atoms with Crippen LogP contribution in [0.5, 0.6) is 5.88 Å². The van der Waals surface area contributed by atoms with Crippen LogP contribution >= 0.6 is 0 Å². The Morgan fingerprint density at radius 3 is 2.76 bits per heavy atom. The van der Waals surface area contributed by atoms with Crippen LogP contribution in [0.2, 0.25) is 0 Å². The SMILES string of the molecule is CC(=O)N(C)C[C@@H]1Oc2ncc(C#C[C@H](C)O)cc2C(=O)N([C@@H](C)CO)C[C@H]1C. The molecule has 0 bridgehead atoms. The van der Waals surface area contributed by atoms with E-state index in [1.54, 1.807) is 36.8 Å². The minimum absolute atomic E-state index is 0.0866. The van der Waals surface area contributed by atoms with Crippen molar-refractivity contribution in [2.24, 2.45) is 5.92 Å². The average molecular weight is 403 g/mol. The van der Waals surface area contributed by atoms with Gasteiger partial charge in [-0.3, -0.25) is 9.59 Å². The highest BCUT2D eigenvalue weighted by Crippen LogP contribution is 2.27. The molecule has 0 radical (unpaired) electrons. The van der Waals surface area contributed by atoms with Crippen LogP contribution in [0.25, 0.3) is 0 Å². The minimum Gasteiger partial charge on any atom is -0.472 e. The van der Waals surface area contributed by atoms with Gasteiger partial charge in [0, 0.05) is 38.2 Å². The molecular weight excluding hydrogens is 374 g/mol. The van der Waals surface area contributed by atoms with E-state index in [1.165, 1.54) is 13.1 Å². The van der Waals surface area contributed by atoms with Gasteiger partial charge in [-0.1, -0.05) is 18.8 Å². The number of hydrogen-bond donors (Lipinski definition) is 2. The van der Waals surface area contributed by atoms with Crippen LogP contribution in [0.4, 0.5) is 0 Å². The number of pyridine rings is 1. The maximum absolute atomic E-state index is 13.2. The molecule has 0 fully saturated rings. The average Bonchev–Trinajstić information content (AvgIpc) is 2.68. The lowest BCUT2D eigenvalue weighted by Crippen LogP contribution is -2.50. The Morgan fingerprint density at radius 2 is 2.17 bits per heavy atom. The van der Waals surface area contributed by atoms with Gasteiger partial charge in [-0.25, -0.2) is 4.98 Å². The van der Waals surface area contributed by atoms with Gasteiger partial charge >= 0.3 is 0 Å². The van der Waals surface area contributed by atoms with Crippen LogP contribution in [0.3, 0.4) is 0 Å². The minimum atomic E-state index is -0.804. The van der Waals surface area contributed by atoms with Crippen molar-refractivity contribution in [2.75, 3.05) is 26.7 Å². The van der Waals surface area contributed by atoms with Crippen molar-refractivity contribution in [3.63, 3.8) is 0 Å². The van der Waals surface area contributed by atoms with E-state index in [0.29, 0.717) is 18.7 Å². The lowest BCUT2D eigenvalue weighted by Gasteiger charge is -2.37. The maximum Gasteiger partial charge on any atom is 0.259 e. The van der Waals surface area contributed by atoms with Crippen molar-refractivity contribution in [3.8, 4) is 17.7 Å².